The Hall–Kier alpha value is -4.39. The van der Waals surface area contributed by atoms with Gasteiger partial charge in [0.15, 0.2) is 11.5 Å². The topological polar surface area (TPSA) is 82.1 Å². The second-order valence-electron chi connectivity index (χ2n) is 7.72. The van der Waals surface area contributed by atoms with E-state index < -0.39 is 17.8 Å². The van der Waals surface area contributed by atoms with Crippen LogP contribution in [0.3, 0.4) is 0 Å². The van der Waals surface area contributed by atoms with E-state index in [4.69, 9.17) is 14.2 Å². The first-order valence-electron chi connectivity index (χ1n) is 10.9. The molecule has 0 aliphatic carbocycles. The van der Waals surface area contributed by atoms with Crippen LogP contribution in [0, 0.1) is 0 Å². The molecule has 7 nitrogen and oxygen atoms in total. The lowest BCUT2D eigenvalue weighted by molar-refractivity contribution is -0.112. The van der Waals surface area contributed by atoms with Crippen LogP contribution in [0.5, 0.6) is 11.5 Å². The highest BCUT2D eigenvalue weighted by Gasteiger charge is 2.35. The van der Waals surface area contributed by atoms with Crippen molar-refractivity contribution in [1.29, 1.82) is 0 Å². The second kappa shape index (κ2) is 8.86. The minimum Gasteiger partial charge on any atom is -0.486 e. The minimum absolute atomic E-state index is 0.258. The quantitative estimate of drug-likeness (QED) is 0.330. The largest absolute Gasteiger partial charge is 0.486 e. The number of hydrogen-bond donors (Lipinski definition) is 0. The van der Waals surface area contributed by atoms with Gasteiger partial charge in [-0.15, -0.1) is 0 Å². The molecule has 0 atom stereocenters. The zero-order valence-corrected chi connectivity index (χ0v) is 18.4. The Morgan fingerprint density at radius 2 is 1.62 bits per heavy atom. The van der Waals surface area contributed by atoms with E-state index in [1.165, 1.54) is 0 Å². The first kappa shape index (κ1) is 21.5. The van der Waals surface area contributed by atoms with Crippen molar-refractivity contribution in [2.45, 2.75) is 6.92 Å². The standard InChI is InChI=1S/C27H21NO6/c1-2-32-27(31)18-8-10-19(11-9-18)28-25(29)21-6-4-3-5-20(21)22(26(28)30)15-17-7-12-23-24(16-17)34-14-13-33-23/h3-12,15-16H,2,13-14H2,1H3. The number of benzene rings is 3. The van der Waals surface area contributed by atoms with Gasteiger partial charge in [0.1, 0.15) is 13.2 Å². The molecule has 2 aliphatic rings. The molecule has 170 valence electrons. The van der Waals surface area contributed by atoms with Gasteiger partial charge in [-0.3, -0.25) is 9.59 Å². The van der Waals surface area contributed by atoms with Gasteiger partial charge >= 0.3 is 5.97 Å². The van der Waals surface area contributed by atoms with Gasteiger partial charge in [0.25, 0.3) is 11.8 Å². The highest BCUT2D eigenvalue weighted by atomic mass is 16.6. The summed E-state index contributed by atoms with van der Waals surface area (Å²) in [5.41, 5.74) is 2.81. The van der Waals surface area contributed by atoms with Gasteiger partial charge < -0.3 is 14.2 Å². The molecule has 7 heteroatoms. The number of esters is 1. The molecule has 0 fully saturated rings. The molecule has 2 amide bonds. The van der Waals surface area contributed by atoms with Crippen molar-refractivity contribution in [3.63, 3.8) is 0 Å². The molecule has 0 saturated carbocycles. The lowest BCUT2D eigenvalue weighted by atomic mass is 9.91. The summed E-state index contributed by atoms with van der Waals surface area (Å²) < 4.78 is 16.3. The molecule has 0 saturated heterocycles. The molecule has 0 aromatic heterocycles. The molecule has 3 aromatic rings. The summed E-state index contributed by atoms with van der Waals surface area (Å²) in [5.74, 6) is -0.0805. The van der Waals surface area contributed by atoms with E-state index in [-0.39, 0.29) is 6.61 Å². The summed E-state index contributed by atoms with van der Waals surface area (Å²) in [6, 6.07) is 18.7. The molecule has 2 aliphatic heterocycles. The zero-order valence-electron chi connectivity index (χ0n) is 18.4. The number of nitrogens with zero attached hydrogens (tertiary/aromatic N) is 1. The number of fused-ring (bicyclic) bond motifs is 2. The third-order valence-electron chi connectivity index (χ3n) is 5.60. The van der Waals surface area contributed by atoms with Crippen LogP contribution in [-0.4, -0.2) is 37.6 Å². The predicted molar refractivity (Wildman–Crippen MR) is 126 cm³/mol. The first-order chi connectivity index (χ1) is 16.6. The number of amides is 2. The van der Waals surface area contributed by atoms with Gasteiger partial charge in [0, 0.05) is 11.1 Å². The Morgan fingerprint density at radius 1 is 0.912 bits per heavy atom. The SMILES string of the molecule is CCOC(=O)c1ccc(N2C(=O)C(=Cc3ccc4c(c3)OCCO4)c3ccccc3C2=O)cc1. The Bertz CT molecular complexity index is 1330. The molecular weight excluding hydrogens is 434 g/mol. The fourth-order valence-corrected chi connectivity index (χ4v) is 4.00. The van der Waals surface area contributed by atoms with Crippen LogP contribution in [-0.2, 0) is 9.53 Å². The van der Waals surface area contributed by atoms with Crippen molar-refractivity contribution in [1.82, 2.24) is 0 Å². The van der Waals surface area contributed by atoms with Crippen LogP contribution < -0.4 is 14.4 Å². The van der Waals surface area contributed by atoms with Crippen molar-refractivity contribution in [3.05, 3.63) is 89.0 Å². The smallest absolute Gasteiger partial charge is 0.338 e. The summed E-state index contributed by atoms with van der Waals surface area (Å²) >= 11 is 0. The lowest BCUT2D eigenvalue weighted by Crippen LogP contribution is -2.41. The minimum atomic E-state index is -0.463. The van der Waals surface area contributed by atoms with E-state index >= 15 is 0 Å². The van der Waals surface area contributed by atoms with Crippen LogP contribution in [0.25, 0.3) is 11.6 Å². The Labute approximate surface area is 196 Å². The van der Waals surface area contributed by atoms with E-state index in [1.807, 2.05) is 12.1 Å². The number of carbonyl (C=O) groups excluding carboxylic acids is 3. The fraction of sp³-hybridized carbons (Fsp3) is 0.148. The van der Waals surface area contributed by atoms with Crippen LogP contribution in [0.2, 0.25) is 0 Å². The van der Waals surface area contributed by atoms with Gasteiger partial charge in [-0.25, -0.2) is 9.69 Å². The van der Waals surface area contributed by atoms with Crippen LogP contribution in [0.4, 0.5) is 5.69 Å². The van der Waals surface area contributed by atoms with Crippen LogP contribution in [0.15, 0.2) is 66.7 Å². The lowest BCUT2D eigenvalue weighted by Gasteiger charge is -2.29. The molecule has 0 radical (unpaired) electrons. The van der Waals surface area contributed by atoms with E-state index in [1.54, 1.807) is 67.6 Å². The number of rotatable bonds is 4. The van der Waals surface area contributed by atoms with Crippen LogP contribution >= 0.6 is 0 Å². The molecule has 0 spiro atoms. The van der Waals surface area contributed by atoms with Crippen molar-refractivity contribution in [2.24, 2.45) is 0 Å². The van der Waals surface area contributed by atoms with E-state index in [0.717, 1.165) is 10.5 Å². The Morgan fingerprint density at radius 3 is 2.35 bits per heavy atom. The maximum absolute atomic E-state index is 13.6. The van der Waals surface area contributed by atoms with Gasteiger partial charge in [0.2, 0.25) is 0 Å². The van der Waals surface area contributed by atoms with Gasteiger partial charge in [-0.1, -0.05) is 24.3 Å². The van der Waals surface area contributed by atoms with Crippen LogP contribution in [0.1, 0.15) is 38.8 Å². The molecule has 5 rings (SSSR count). The monoisotopic (exact) mass is 455 g/mol. The van der Waals surface area contributed by atoms with E-state index in [2.05, 4.69) is 0 Å². The summed E-state index contributed by atoms with van der Waals surface area (Å²) in [4.78, 5) is 40.0. The van der Waals surface area contributed by atoms with Crippen molar-refractivity contribution in [3.8, 4) is 11.5 Å². The molecular formula is C27H21NO6. The number of imide groups is 1. The van der Waals surface area contributed by atoms with E-state index in [9.17, 15) is 14.4 Å². The summed E-state index contributed by atoms with van der Waals surface area (Å²) in [6.07, 6.45) is 1.74. The third-order valence-corrected chi connectivity index (χ3v) is 5.60. The molecule has 0 bridgehead atoms. The molecule has 34 heavy (non-hydrogen) atoms. The number of anilines is 1. The van der Waals surface area contributed by atoms with E-state index in [0.29, 0.717) is 52.7 Å². The second-order valence-corrected chi connectivity index (χ2v) is 7.72. The molecule has 2 heterocycles. The fourth-order valence-electron chi connectivity index (χ4n) is 4.00. The Balaban J connectivity index is 1.56. The van der Waals surface area contributed by atoms with Crippen molar-refractivity contribution >= 4 is 35.1 Å². The number of carbonyl (C=O) groups is 3. The maximum atomic E-state index is 13.6. The molecule has 3 aromatic carbocycles. The highest BCUT2D eigenvalue weighted by Crippen LogP contribution is 2.36. The van der Waals surface area contributed by atoms with Crippen molar-refractivity contribution < 1.29 is 28.6 Å². The van der Waals surface area contributed by atoms with Crippen molar-refractivity contribution in [2.75, 3.05) is 24.7 Å². The summed E-state index contributed by atoms with van der Waals surface area (Å²) in [7, 11) is 0. The zero-order chi connectivity index (χ0) is 23.7. The first-order valence-corrected chi connectivity index (χ1v) is 10.9. The molecule has 0 N–H and O–H groups in total. The number of hydrogen-bond acceptors (Lipinski definition) is 6. The molecule has 0 unspecified atom stereocenters. The average Bonchev–Trinajstić information content (AvgIpc) is 2.87. The summed E-state index contributed by atoms with van der Waals surface area (Å²) in [5, 5.41) is 0. The Kier molecular flexibility index (Phi) is 5.59. The van der Waals surface area contributed by atoms with Gasteiger partial charge in [0.05, 0.1) is 17.9 Å². The highest BCUT2D eigenvalue weighted by molar-refractivity contribution is 6.43. The average molecular weight is 455 g/mol. The van der Waals surface area contributed by atoms with Gasteiger partial charge in [-0.05, 0) is 66.6 Å². The number of ether oxygens (including phenoxy) is 3. The van der Waals surface area contributed by atoms with Gasteiger partial charge in [-0.2, -0.15) is 0 Å². The summed E-state index contributed by atoms with van der Waals surface area (Å²) in [6.45, 7) is 2.93. The third kappa shape index (κ3) is 3.81. The maximum Gasteiger partial charge on any atom is 0.338 e. The normalized spacial score (nSPS) is 15.8. The predicted octanol–water partition coefficient (Wildman–Crippen LogP) is 4.36.